The van der Waals surface area contributed by atoms with E-state index in [4.69, 9.17) is 5.26 Å². The molecule has 1 heterocycles. The van der Waals surface area contributed by atoms with Crippen molar-refractivity contribution in [3.05, 3.63) is 66.1 Å². The Balaban J connectivity index is 2.30. The van der Waals surface area contributed by atoms with E-state index in [1.165, 1.54) is 12.1 Å². The lowest BCUT2D eigenvalue weighted by atomic mass is 10.2. The first-order chi connectivity index (χ1) is 8.79. The minimum atomic E-state index is -0.268. The fourth-order valence-electron chi connectivity index (χ4n) is 2.08. The van der Waals surface area contributed by atoms with Gasteiger partial charge < -0.3 is 4.57 Å². The Hall–Kier alpha value is -2.60. The third-order valence-electron chi connectivity index (χ3n) is 2.94. The van der Waals surface area contributed by atoms with Gasteiger partial charge in [-0.05, 0) is 30.3 Å². The van der Waals surface area contributed by atoms with Crippen molar-refractivity contribution in [1.82, 2.24) is 4.57 Å². The van der Waals surface area contributed by atoms with Gasteiger partial charge in [-0.1, -0.05) is 18.2 Å². The molecule has 0 unspecified atom stereocenters. The highest BCUT2D eigenvalue weighted by atomic mass is 19.1. The van der Waals surface area contributed by atoms with Gasteiger partial charge in [-0.2, -0.15) is 5.26 Å². The molecule has 3 rings (SSSR count). The summed E-state index contributed by atoms with van der Waals surface area (Å²) in [5.41, 5.74) is 2.41. The summed E-state index contributed by atoms with van der Waals surface area (Å²) in [5, 5.41) is 10.0. The number of halogens is 1. The molecule has 0 saturated carbocycles. The number of nitriles is 1. The van der Waals surface area contributed by atoms with Crippen LogP contribution in [-0.4, -0.2) is 4.57 Å². The van der Waals surface area contributed by atoms with E-state index in [2.05, 4.69) is 6.07 Å². The van der Waals surface area contributed by atoms with Gasteiger partial charge in [0.25, 0.3) is 0 Å². The summed E-state index contributed by atoms with van der Waals surface area (Å²) in [6.07, 6.45) is 1.78. The molecule has 0 aliphatic carbocycles. The predicted octanol–water partition coefficient (Wildman–Crippen LogP) is 3.64. The monoisotopic (exact) mass is 236 g/mol. The summed E-state index contributed by atoms with van der Waals surface area (Å²) in [5.74, 6) is -0.268. The molecule has 0 aliphatic heterocycles. The van der Waals surface area contributed by atoms with Crippen LogP contribution >= 0.6 is 0 Å². The van der Waals surface area contributed by atoms with Crippen LogP contribution in [0.4, 0.5) is 4.39 Å². The topological polar surface area (TPSA) is 28.7 Å². The van der Waals surface area contributed by atoms with Gasteiger partial charge in [0.05, 0.1) is 11.1 Å². The third-order valence-corrected chi connectivity index (χ3v) is 2.94. The van der Waals surface area contributed by atoms with Crippen LogP contribution in [0.3, 0.4) is 0 Å². The number of benzene rings is 2. The van der Waals surface area contributed by atoms with Gasteiger partial charge in [0, 0.05) is 17.3 Å². The Morgan fingerprint density at radius 3 is 2.44 bits per heavy atom. The van der Waals surface area contributed by atoms with Crippen molar-refractivity contribution in [3.63, 3.8) is 0 Å². The molecule has 0 N–H and O–H groups in total. The zero-order chi connectivity index (χ0) is 12.5. The van der Waals surface area contributed by atoms with Gasteiger partial charge in [-0.3, -0.25) is 0 Å². The maximum absolute atomic E-state index is 12.9. The van der Waals surface area contributed by atoms with E-state index in [9.17, 15) is 4.39 Å². The molecule has 18 heavy (non-hydrogen) atoms. The van der Waals surface area contributed by atoms with E-state index in [-0.39, 0.29) is 5.82 Å². The molecule has 1 aromatic heterocycles. The lowest BCUT2D eigenvalue weighted by molar-refractivity contribution is 0.627. The van der Waals surface area contributed by atoms with Crippen LogP contribution in [0.2, 0.25) is 0 Å². The quantitative estimate of drug-likeness (QED) is 0.634. The van der Waals surface area contributed by atoms with Crippen molar-refractivity contribution in [3.8, 4) is 11.8 Å². The number of aromatic nitrogens is 1. The lowest BCUT2D eigenvalue weighted by Gasteiger charge is -2.04. The van der Waals surface area contributed by atoms with Gasteiger partial charge in [-0.15, -0.1) is 0 Å². The number of rotatable bonds is 1. The summed E-state index contributed by atoms with van der Waals surface area (Å²) < 4.78 is 14.8. The Kier molecular flexibility index (Phi) is 2.35. The summed E-state index contributed by atoms with van der Waals surface area (Å²) >= 11 is 0. The van der Waals surface area contributed by atoms with Crippen molar-refractivity contribution >= 4 is 10.9 Å². The normalized spacial score (nSPS) is 10.4. The molecule has 0 atom stereocenters. The number of hydrogen-bond donors (Lipinski definition) is 0. The number of para-hydroxylation sites is 1. The molecule has 0 amide bonds. The van der Waals surface area contributed by atoms with Gasteiger partial charge >= 0.3 is 0 Å². The molecule has 0 aliphatic rings. The summed E-state index contributed by atoms with van der Waals surface area (Å²) in [6, 6.07) is 16.1. The van der Waals surface area contributed by atoms with E-state index < -0.39 is 0 Å². The molecule has 2 aromatic carbocycles. The molecule has 0 fully saturated rings. The van der Waals surface area contributed by atoms with Crippen LogP contribution in [0, 0.1) is 17.1 Å². The average molecular weight is 236 g/mol. The van der Waals surface area contributed by atoms with Crippen molar-refractivity contribution in [1.29, 1.82) is 5.26 Å². The van der Waals surface area contributed by atoms with Gasteiger partial charge in [0.15, 0.2) is 0 Å². The minimum absolute atomic E-state index is 0.268. The average Bonchev–Trinajstić information content (AvgIpc) is 2.79. The number of nitrogens with zero attached hydrogens (tertiary/aromatic N) is 2. The van der Waals surface area contributed by atoms with Crippen LogP contribution in [-0.2, 0) is 0 Å². The molecular weight excluding hydrogens is 227 g/mol. The number of hydrogen-bond acceptors (Lipinski definition) is 1. The van der Waals surface area contributed by atoms with Gasteiger partial charge in [0.2, 0.25) is 0 Å². The van der Waals surface area contributed by atoms with Crippen LogP contribution in [0.5, 0.6) is 0 Å². The Bertz CT molecular complexity index is 748. The van der Waals surface area contributed by atoms with E-state index in [0.29, 0.717) is 5.56 Å². The van der Waals surface area contributed by atoms with E-state index in [1.807, 2.05) is 28.8 Å². The summed E-state index contributed by atoms with van der Waals surface area (Å²) in [7, 11) is 0. The fraction of sp³-hybridized carbons (Fsp3) is 0. The molecule has 0 radical (unpaired) electrons. The van der Waals surface area contributed by atoms with Crippen molar-refractivity contribution in [2.45, 2.75) is 0 Å². The molecule has 3 aromatic rings. The third kappa shape index (κ3) is 1.56. The first kappa shape index (κ1) is 10.5. The van der Waals surface area contributed by atoms with Crippen LogP contribution < -0.4 is 0 Å². The largest absolute Gasteiger partial charge is 0.315 e. The molecule has 0 saturated heterocycles. The second kappa shape index (κ2) is 4.01. The Morgan fingerprint density at radius 1 is 1.00 bits per heavy atom. The van der Waals surface area contributed by atoms with E-state index >= 15 is 0 Å². The fourth-order valence-corrected chi connectivity index (χ4v) is 2.08. The Labute approximate surface area is 104 Å². The molecule has 0 spiro atoms. The highest BCUT2D eigenvalue weighted by Gasteiger charge is 2.08. The first-order valence-electron chi connectivity index (χ1n) is 5.56. The van der Waals surface area contributed by atoms with Gasteiger partial charge in [0.1, 0.15) is 11.9 Å². The summed E-state index contributed by atoms with van der Waals surface area (Å²) in [4.78, 5) is 0. The molecule has 3 heteroatoms. The highest BCUT2D eigenvalue weighted by molar-refractivity contribution is 5.87. The maximum Gasteiger partial charge on any atom is 0.123 e. The zero-order valence-corrected chi connectivity index (χ0v) is 9.47. The minimum Gasteiger partial charge on any atom is -0.315 e. The molecule has 86 valence electrons. The smallest absolute Gasteiger partial charge is 0.123 e. The molecule has 2 nitrogen and oxygen atoms in total. The molecule has 0 bridgehead atoms. The number of fused-ring (bicyclic) bond motifs is 1. The predicted molar refractivity (Wildman–Crippen MR) is 67.9 cm³/mol. The van der Waals surface area contributed by atoms with Crippen molar-refractivity contribution in [2.24, 2.45) is 0 Å². The van der Waals surface area contributed by atoms with Gasteiger partial charge in [-0.25, -0.2) is 4.39 Å². The van der Waals surface area contributed by atoms with Crippen molar-refractivity contribution < 1.29 is 4.39 Å². The highest BCUT2D eigenvalue weighted by Crippen LogP contribution is 2.24. The lowest BCUT2D eigenvalue weighted by Crippen LogP contribution is -1.91. The first-order valence-corrected chi connectivity index (χ1v) is 5.56. The summed E-state index contributed by atoms with van der Waals surface area (Å²) in [6.45, 7) is 0. The molecular formula is C15H9FN2. The Morgan fingerprint density at radius 2 is 1.72 bits per heavy atom. The van der Waals surface area contributed by atoms with Crippen LogP contribution in [0.15, 0.2) is 54.7 Å². The standard InChI is InChI=1S/C15H9FN2/c16-12-5-7-13(8-6-12)18-10-11(9-17)14-3-1-2-4-15(14)18/h1-8,10H. The maximum atomic E-state index is 12.9. The second-order valence-electron chi connectivity index (χ2n) is 4.02. The van der Waals surface area contributed by atoms with Crippen molar-refractivity contribution in [2.75, 3.05) is 0 Å². The van der Waals surface area contributed by atoms with E-state index in [0.717, 1.165) is 16.6 Å². The second-order valence-corrected chi connectivity index (χ2v) is 4.02. The SMILES string of the molecule is N#Cc1cn(-c2ccc(F)cc2)c2ccccc12. The van der Waals surface area contributed by atoms with Crippen LogP contribution in [0.25, 0.3) is 16.6 Å². The van der Waals surface area contributed by atoms with Crippen LogP contribution in [0.1, 0.15) is 5.56 Å². The zero-order valence-electron chi connectivity index (χ0n) is 9.47. The van der Waals surface area contributed by atoms with E-state index in [1.54, 1.807) is 18.3 Å².